The molecule has 0 aliphatic carbocycles. The molecule has 0 aromatic heterocycles. The molecule has 1 aromatic carbocycles. The minimum Gasteiger partial charge on any atom is -0.481 e. The van der Waals surface area contributed by atoms with Crippen LogP contribution in [0.2, 0.25) is 0 Å². The first-order valence-electron chi connectivity index (χ1n) is 5.76. The van der Waals surface area contributed by atoms with E-state index in [2.05, 4.69) is 0 Å². The Labute approximate surface area is 113 Å². The van der Waals surface area contributed by atoms with E-state index in [1.807, 2.05) is 0 Å². The first-order chi connectivity index (χ1) is 9.32. The van der Waals surface area contributed by atoms with Gasteiger partial charge in [0.2, 0.25) is 0 Å². The van der Waals surface area contributed by atoms with Crippen LogP contribution in [0.5, 0.6) is 0 Å². The Morgan fingerprint density at radius 1 is 1.15 bits per heavy atom. The van der Waals surface area contributed by atoms with Crippen molar-refractivity contribution in [2.75, 3.05) is 0 Å². The summed E-state index contributed by atoms with van der Waals surface area (Å²) in [6.45, 7) is 1.73. The number of amides is 2. The third-order valence-electron chi connectivity index (χ3n) is 3.04. The number of benzene rings is 1. The SMILES string of the molecule is Cc1ccc2c(c1)C(=O)N(C(CC(=O)O)C(=O)O)C2=O. The van der Waals surface area contributed by atoms with Crippen LogP contribution < -0.4 is 0 Å². The van der Waals surface area contributed by atoms with E-state index < -0.39 is 36.2 Å². The summed E-state index contributed by atoms with van der Waals surface area (Å²) < 4.78 is 0. The molecule has 7 nitrogen and oxygen atoms in total. The van der Waals surface area contributed by atoms with Crippen LogP contribution in [0.25, 0.3) is 0 Å². The summed E-state index contributed by atoms with van der Waals surface area (Å²) in [5, 5.41) is 17.8. The van der Waals surface area contributed by atoms with Crippen molar-refractivity contribution in [1.29, 1.82) is 0 Å². The van der Waals surface area contributed by atoms with Gasteiger partial charge in [0.05, 0.1) is 17.5 Å². The summed E-state index contributed by atoms with van der Waals surface area (Å²) in [6.07, 6.45) is -0.834. The number of nitrogens with zero attached hydrogens (tertiary/aromatic N) is 1. The lowest BCUT2D eigenvalue weighted by Crippen LogP contribution is -2.46. The topological polar surface area (TPSA) is 112 Å². The number of hydrogen-bond acceptors (Lipinski definition) is 4. The molecule has 1 aliphatic rings. The highest BCUT2D eigenvalue weighted by Crippen LogP contribution is 2.26. The van der Waals surface area contributed by atoms with Gasteiger partial charge in [0, 0.05) is 0 Å². The van der Waals surface area contributed by atoms with E-state index in [1.165, 1.54) is 12.1 Å². The maximum atomic E-state index is 12.1. The Balaban J connectivity index is 2.45. The second-order valence-electron chi connectivity index (χ2n) is 4.48. The molecule has 1 unspecified atom stereocenters. The van der Waals surface area contributed by atoms with Crippen molar-refractivity contribution < 1.29 is 29.4 Å². The molecular formula is C13H11NO6. The average molecular weight is 277 g/mol. The number of carbonyl (C=O) groups is 4. The molecule has 0 radical (unpaired) electrons. The Kier molecular flexibility index (Phi) is 3.27. The third kappa shape index (κ3) is 2.13. The van der Waals surface area contributed by atoms with Gasteiger partial charge in [-0.1, -0.05) is 11.6 Å². The highest BCUT2D eigenvalue weighted by atomic mass is 16.4. The summed E-state index contributed by atoms with van der Waals surface area (Å²) in [7, 11) is 0. The van der Waals surface area contributed by atoms with Gasteiger partial charge in [-0.2, -0.15) is 0 Å². The van der Waals surface area contributed by atoms with Crippen molar-refractivity contribution in [3.8, 4) is 0 Å². The van der Waals surface area contributed by atoms with E-state index >= 15 is 0 Å². The molecule has 1 aromatic rings. The summed E-state index contributed by atoms with van der Waals surface area (Å²) in [4.78, 5) is 46.6. The number of hydrogen-bond donors (Lipinski definition) is 2. The first kappa shape index (κ1) is 13.7. The van der Waals surface area contributed by atoms with Crippen LogP contribution in [-0.4, -0.2) is 44.9 Å². The Hall–Kier alpha value is -2.70. The smallest absolute Gasteiger partial charge is 0.327 e. The van der Waals surface area contributed by atoms with Gasteiger partial charge in [-0.15, -0.1) is 0 Å². The van der Waals surface area contributed by atoms with Crippen molar-refractivity contribution >= 4 is 23.8 Å². The molecule has 104 valence electrons. The predicted octanol–water partition coefficient (Wildman–Crippen LogP) is 0.519. The molecular weight excluding hydrogens is 266 g/mol. The van der Waals surface area contributed by atoms with Crippen LogP contribution in [0.3, 0.4) is 0 Å². The number of rotatable bonds is 4. The Morgan fingerprint density at radius 3 is 2.30 bits per heavy atom. The third-order valence-corrected chi connectivity index (χ3v) is 3.04. The molecule has 1 aliphatic heterocycles. The molecule has 1 atom stereocenters. The number of aryl methyl sites for hydroxylation is 1. The number of fused-ring (bicyclic) bond motifs is 1. The lowest BCUT2D eigenvalue weighted by atomic mass is 10.1. The van der Waals surface area contributed by atoms with Crippen LogP contribution in [0.1, 0.15) is 32.7 Å². The molecule has 2 amide bonds. The van der Waals surface area contributed by atoms with Crippen LogP contribution in [-0.2, 0) is 9.59 Å². The van der Waals surface area contributed by atoms with E-state index in [-0.39, 0.29) is 11.1 Å². The van der Waals surface area contributed by atoms with Gasteiger partial charge in [0.25, 0.3) is 11.8 Å². The van der Waals surface area contributed by atoms with Gasteiger partial charge < -0.3 is 10.2 Å². The molecule has 0 fully saturated rings. The summed E-state index contributed by atoms with van der Waals surface area (Å²) >= 11 is 0. The van der Waals surface area contributed by atoms with Crippen LogP contribution >= 0.6 is 0 Å². The molecule has 0 spiro atoms. The number of carbonyl (C=O) groups excluding carboxylic acids is 2. The maximum Gasteiger partial charge on any atom is 0.327 e. The van der Waals surface area contributed by atoms with Crippen molar-refractivity contribution in [1.82, 2.24) is 4.90 Å². The minimum absolute atomic E-state index is 0.0947. The number of carboxylic acid groups (broad SMARTS) is 2. The van der Waals surface area contributed by atoms with Gasteiger partial charge in [-0.05, 0) is 19.1 Å². The van der Waals surface area contributed by atoms with Gasteiger partial charge >= 0.3 is 11.9 Å². The summed E-state index contributed by atoms with van der Waals surface area (Å²) in [6, 6.07) is 2.83. The molecule has 0 saturated carbocycles. The summed E-state index contributed by atoms with van der Waals surface area (Å²) in [5.41, 5.74) is 0.945. The van der Waals surface area contributed by atoms with E-state index in [0.29, 0.717) is 4.90 Å². The number of aliphatic carboxylic acids is 2. The fourth-order valence-corrected chi connectivity index (χ4v) is 2.11. The van der Waals surface area contributed by atoms with Crippen molar-refractivity contribution in [2.24, 2.45) is 0 Å². The fourth-order valence-electron chi connectivity index (χ4n) is 2.11. The molecule has 20 heavy (non-hydrogen) atoms. The molecule has 0 saturated heterocycles. The average Bonchev–Trinajstić information content (AvgIpc) is 2.58. The zero-order chi connectivity index (χ0) is 15.0. The molecule has 7 heteroatoms. The number of imide groups is 1. The monoisotopic (exact) mass is 277 g/mol. The largest absolute Gasteiger partial charge is 0.481 e. The summed E-state index contributed by atoms with van der Waals surface area (Å²) in [5.74, 6) is -4.48. The second kappa shape index (κ2) is 4.76. The van der Waals surface area contributed by atoms with Crippen LogP contribution in [0.15, 0.2) is 18.2 Å². The van der Waals surface area contributed by atoms with E-state index in [1.54, 1.807) is 13.0 Å². The standard InChI is InChI=1S/C13H11NO6/c1-6-2-3-7-8(4-6)12(18)14(11(7)17)9(13(19)20)5-10(15)16/h2-4,9H,5H2,1H3,(H,15,16)(H,19,20). The highest BCUT2D eigenvalue weighted by Gasteiger charge is 2.43. The van der Waals surface area contributed by atoms with Gasteiger partial charge in [-0.3, -0.25) is 19.3 Å². The van der Waals surface area contributed by atoms with E-state index in [4.69, 9.17) is 10.2 Å². The second-order valence-corrected chi connectivity index (χ2v) is 4.48. The van der Waals surface area contributed by atoms with E-state index in [9.17, 15) is 19.2 Å². The highest BCUT2D eigenvalue weighted by molar-refractivity contribution is 6.22. The lowest BCUT2D eigenvalue weighted by molar-refractivity contribution is -0.147. The quantitative estimate of drug-likeness (QED) is 0.776. The van der Waals surface area contributed by atoms with Gasteiger partial charge in [0.1, 0.15) is 6.04 Å². The molecule has 1 heterocycles. The first-order valence-corrected chi connectivity index (χ1v) is 5.76. The minimum atomic E-state index is -1.71. The molecule has 2 rings (SSSR count). The van der Waals surface area contributed by atoms with Gasteiger partial charge in [0.15, 0.2) is 0 Å². The fraction of sp³-hybridized carbons (Fsp3) is 0.231. The molecule has 2 N–H and O–H groups in total. The van der Waals surface area contributed by atoms with Crippen LogP contribution in [0, 0.1) is 6.92 Å². The number of carboxylic acids is 2. The zero-order valence-electron chi connectivity index (χ0n) is 10.5. The van der Waals surface area contributed by atoms with E-state index in [0.717, 1.165) is 5.56 Å². The van der Waals surface area contributed by atoms with Gasteiger partial charge in [-0.25, -0.2) is 4.79 Å². The lowest BCUT2D eigenvalue weighted by Gasteiger charge is -2.20. The zero-order valence-corrected chi connectivity index (χ0v) is 10.5. The Morgan fingerprint density at radius 2 is 1.75 bits per heavy atom. The van der Waals surface area contributed by atoms with Crippen molar-refractivity contribution in [3.63, 3.8) is 0 Å². The normalized spacial score (nSPS) is 15.2. The molecule has 0 bridgehead atoms. The predicted molar refractivity (Wildman–Crippen MR) is 65.4 cm³/mol. The van der Waals surface area contributed by atoms with Crippen molar-refractivity contribution in [3.05, 3.63) is 34.9 Å². The van der Waals surface area contributed by atoms with Crippen molar-refractivity contribution in [2.45, 2.75) is 19.4 Å². The maximum absolute atomic E-state index is 12.1. The van der Waals surface area contributed by atoms with Crippen LogP contribution in [0.4, 0.5) is 0 Å². The Bertz CT molecular complexity index is 636.